The molecule has 3 rings (SSSR count). The highest BCUT2D eigenvalue weighted by Gasteiger charge is 2.35. The van der Waals surface area contributed by atoms with Crippen molar-refractivity contribution in [1.29, 1.82) is 0 Å². The summed E-state index contributed by atoms with van der Waals surface area (Å²) in [7, 11) is 0. The van der Waals surface area contributed by atoms with Gasteiger partial charge in [0.15, 0.2) is 0 Å². The van der Waals surface area contributed by atoms with Crippen LogP contribution in [0.1, 0.15) is 60.9 Å². The quantitative estimate of drug-likeness (QED) is 0.932. The summed E-state index contributed by atoms with van der Waals surface area (Å²) in [5.41, 5.74) is 1.75. The van der Waals surface area contributed by atoms with Crippen LogP contribution in [-0.2, 0) is 4.79 Å². The van der Waals surface area contributed by atoms with E-state index in [0.29, 0.717) is 18.2 Å². The Hall–Kier alpha value is -1.84. The van der Waals surface area contributed by atoms with Gasteiger partial charge in [-0.1, -0.05) is 37.0 Å². The monoisotopic (exact) mass is 314 g/mol. The topological polar surface area (TPSA) is 49.4 Å². The molecule has 0 unspecified atom stereocenters. The molecular weight excluding hydrogens is 288 g/mol. The third-order valence-electron chi connectivity index (χ3n) is 5.03. The van der Waals surface area contributed by atoms with Crippen LogP contribution >= 0.6 is 0 Å². The Bertz CT molecular complexity index is 578. The molecule has 4 nitrogen and oxygen atoms in total. The summed E-state index contributed by atoms with van der Waals surface area (Å²) >= 11 is 0. The Morgan fingerprint density at radius 3 is 2.61 bits per heavy atom. The van der Waals surface area contributed by atoms with Gasteiger partial charge in [-0.25, -0.2) is 0 Å². The lowest BCUT2D eigenvalue weighted by atomic mass is 9.95. The summed E-state index contributed by atoms with van der Waals surface area (Å²) < 4.78 is 0. The highest BCUT2D eigenvalue weighted by molar-refractivity contribution is 5.98. The third kappa shape index (κ3) is 3.74. The van der Waals surface area contributed by atoms with Crippen molar-refractivity contribution in [2.24, 2.45) is 0 Å². The zero-order chi connectivity index (χ0) is 16.2. The molecule has 0 radical (unpaired) electrons. The van der Waals surface area contributed by atoms with Crippen molar-refractivity contribution in [3.05, 3.63) is 35.4 Å². The molecule has 1 N–H and O–H groups in total. The molecular formula is C19H26N2O2. The van der Waals surface area contributed by atoms with Crippen molar-refractivity contribution in [3.63, 3.8) is 0 Å². The number of rotatable bonds is 3. The van der Waals surface area contributed by atoms with E-state index in [1.165, 1.54) is 19.3 Å². The van der Waals surface area contributed by atoms with Crippen LogP contribution in [0.2, 0.25) is 0 Å². The van der Waals surface area contributed by atoms with Gasteiger partial charge in [-0.2, -0.15) is 0 Å². The standard InChI is InChI=1S/C19H26N2O2/c1-14-7-5-8-15(13-14)19(23)21-12-6-11-17(21)18(22)20-16-9-3-2-4-10-16/h5,7-8,13,16-17H,2-4,6,9-12H2,1H3,(H,20,22)/t17-/m0/s1. The average molecular weight is 314 g/mol. The molecule has 1 aromatic rings. The molecule has 2 amide bonds. The summed E-state index contributed by atoms with van der Waals surface area (Å²) in [6, 6.07) is 7.61. The van der Waals surface area contributed by atoms with Gasteiger partial charge in [-0.3, -0.25) is 9.59 Å². The minimum absolute atomic E-state index is 0.0185. The van der Waals surface area contributed by atoms with Crippen molar-refractivity contribution >= 4 is 11.8 Å². The lowest BCUT2D eigenvalue weighted by Gasteiger charge is -2.28. The lowest BCUT2D eigenvalue weighted by Crippen LogP contribution is -2.49. The predicted octanol–water partition coefficient (Wildman–Crippen LogP) is 3.05. The van der Waals surface area contributed by atoms with E-state index in [1.54, 1.807) is 4.90 Å². The highest BCUT2D eigenvalue weighted by Crippen LogP contribution is 2.23. The second kappa shape index (κ2) is 7.16. The van der Waals surface area contributed by atoms with Gasteiger partial charge in [-0.05, 0) is 44.7 Å². The number of amides is 2. The van der Waals surface area contributed by atoms with E-state index in [2.05, 4.69) is 5.32 Å². The Morgan fingerprint density at radius 1 is 1.09 bits per heavy atom. The van der Waals surface area contributed by atoms with E-state index in [9.17, 15) is 9.59 Å². The second-order valence-corrected chi connectivity index (χ2v) is 6.87. The molecule has 1 heterocycles. The maximum absolute atomic E-state index is 12.8. The van der Waals surface area contributed by atoms with Crippen LogP contribution < -0.4 is 5.32 Å². The maximum atomic E-state index is 12.8. The largest absolute Gasteiger partial charge is 0.352 e. The van der Waals surface area contributed by atoms with Gasteiger partial charge < -0.3 is 10.2 Å². The number of nitrogens with one attached hydrogen (secondary N) is 1. The number of benzene rings is 1. The van der Waals surface area contributed by atoms with Crippen LogP contribution in [-0.4, -0.2) is 35.3 Å². The Morgan fingerprint density at radius 2 is 1.87 bits per heavy atom. The molecule has 1 aliphatic carbocycles. The van der Waals surface area contributed by atoms with Crippen molar-refractivity contribution in [2.45, 2.75) is 64.0 Å². The first-order valence-corrected chi connectivity index (χ1v) is 8.83. The second-order valence-electron chi connectivity index (χ2n) is 6.87. The van der Waals surface area contributed by atoms with E-state index in [1.807, 2.05) is 31.2 Å². The smallest absolute Gasteiger partial charge is 0.254 e. The number of hydrogen-bond donors (Lipinski definition) is 1. The maximum Gasteiger partial charge on any atom is 0.254 e. The van der Waals surface area contributed by atoms with Crippen molar-refractivity contribution in [1.82, 2.24) is 10.2 Å². The number of hydrogen-bond acceptors (Lipinski definition) is 2. The van der Waals surface area contributed by atoms with Crippen molar-refractivity contribution in [2.75, 3.05) is 6.54 Å². The van der Waals surface area contributed by atoms with Crippen molar-refractivity contribution in [3.8, 4) is 0 Å². The normalized spacial score (nSPS) is 22.1. The average Bonchev–Trinajstić information content (AvgIpc) is 3.05. The molecule has 0 aromatic heterocycles. The lowest BCUT2D eigenvalue weighted by molar-refractivity contribution is -0.125. The molecule has 0 bridgehead atoms. The fraction of sp³-hybridized carbons (Fsp3) is 0.579. The SMILES string of the molecule is Cc1cccc(C(=O)N2CCC[C@H]2C(=O)NC2CCCCC2)c1. The molecule has 124 valence electrons. The summed E-state index contributed by atoms with van der Waals surface area (Å²) in [5, 5.41) is 3.18. The van der Waals surface area contributed by atoms with E-state index in [4.69, 9.17) is 0 Å². The van der Waals surface area contributed by atoms with Gasteiger partial charge in [0.05, 0.1) is 0 Å². The molecule has 1 atom stereocenters. The van der Waals surface area contributed by atoms with Crippen LogP contribution in [0.3, 0.4) is 0 Å². The Balaban J connectivity index is 1.67. The van der Waals surface area contributed by atoms with Crippen LogP contribution in [0, 0.1) is 6.92 Å². The van der Waals surface area contributed by atoms with Gasteiger partial charge in [-0.15, -0.1) is 0 Å². The Kier molecular flexibility index (Phi) is 4.99. The highest BCUT2D eigenvalue weighted by atomic mass is 16.2. The zero-order valence-corrected chi connectivity index (χ0v) is 13.9. The molecule has 0 spiro atoms. The first-order valence-electron chi connectivity index (χ1n) is 8.83. The molecule has 1 aromatic carbocycles. The summed E-state index contributed by atoms with van der Waals surface area (Å²) in [6.07, 6.45) is 7.49. The molecule has 2 fully saturated rings. The van der Waals surface area contributed by atoms with E-state index >= 15 is 0 Å². The summed E-state index contributed by atoms with van der Waals surface area (Å²) in [5.74, 6) is 0.0189. The number of carbonyl (C=O) groups is 2. The van der Waals surface area contributed by atoms with E-state index in [0.717, 1.165) is 31.2 Å². The zero-order valence-electron chi connectivity index (χ0n) is 13.9. The molecule has 1 aliphatic heterocycles. The summed E-state index contributed by atoms with van der Waals surface area (Å²) in [6.45, 7) is 2.66. The molecule has 2 aliphatic rings. The van der Waals surface area contributed by atoms with Gasteiger partial charge in [0.1, 0.15) is 6.04 Å². The van der Waals surface area contributed by atoms with E-state index in [-0.39, 0.29) is 17.9 Å². The first-order chi connectivity index (χ1) is 11.1. The molecule has 4 heteroatoms. The van der Waals surface area contributed by atoms with Crippen LogP contribution in [0.25, 0.3) is 0 Å². The number of likely N-dealkylation sites (tertiary alicyclic amines) is 1. The van der Waals surface area contributed by atoms with Crippen LogP contribution in [0.5, 0.6) is 0 Å². The summed E-state index contributed by atoms with van der Waals surface area (Å²) in [4.78, 5) is 27.1. The van der Waals surface area contributed by atoms with Crippen LogP contribution in [0.15, 0.2) is 24.3 Å². The third-order valence-corrected chi connectivity index (χ3v) is 5.03. The minimum atomic E-state index is -0.301. The van der Waals surface area contributed by atoms with Gasteiger partial charge in [0.2, 0.25) is 5.91 Å². The Labute approximate surface area is 138 Å². The van der Waals surface area contributed by atoms with Crippen molar-refractivity contribution < 1.29 is 9.59 Å². The minimum Gasteiger partial charge on any atom is -0.352 e. The van der Waals surface area contributed by atoms with Gasteiger partial charge >= 0.3 is 0 Å². The predicted molar refractivity (Wildman–Crippen MR) is 90.3 cm³/mol. The fourth-order valence-electron chi connectivity index (χ4n) is 3.77. The van der Waals surface area contributed by atoms with E-state index < -0.39 is 0 Å². The van der Waals surface area contributed by atoms with Crippen LogP contribution in [0.4, 0.5) is 0 Å². The molecule has 23 heavy (non-hydrogen) atoms. The molecule has 1 saturated heterocycles. The number of nitrogens with zero attached hydrogens (tertiary/aromatic N) is 1. The van der Waals surface area contributed by atoms with Gasteiger partial charge in [0, 0.05) is 18.2 Å². The molecule has 1 saturated carbocycles. The number of carbonyl (C=O) groups excluding carboxylic acids is 2. The number of aryl methyl sites for hydroxylation is 1. The van der Waals surface area contributed by atoms with Gasteiger partial charge in [0.25, 0.3) is 5.91 Å². The first kappa shape index (κ1) is 16.0. The fourth-order valence-corrected chi connectivity index (χ4v) is 3.77.